The highest BCUT2D eigenvalue weighted by molar-refractivity contribution is 5.13. The van der Waals surface area contributed by atoms with Crippen molar-refractivity contribution in [1.82, 2.24) is 16.0 Å². The Morgan fingerprint density at radius 3 is 2.11 bits per heavy atom. The van der Waals surface area contributed by atoms with Crippen LogP contribution in [0.2, 0.25) is 0 Å². The lowest BCUT2D eigenvalue weighted by Crippen LogP contribution is -2.51. The van der Waals surface area contributed by atoms with E-state index in [0.29, 0.717) is 5.41 Å². The Hall–Kier alpha value is -0.700. The van der Waals surface area contributed by atoms with Gasteiger partial charge in [-0.05, 0) is 32.1 Å². The highest BCUT2D eigenvalue weighted by atomic mass is 15.7. The van der Waals surface area contributed by atoms with E-state index in [1.807, 2.05) is 0 Å². The van der Waals surface area contributed by atoms with Gasteiger partial charge in [-0.2, -0.15) is 0 Å². The maximum absolute atomic E-state index is 3.36. The summed E-state index contributed by atoms with van der Waals surface area (Å²) in [5, 5.41) is 2.23. The first kappa shape index (κ1) is 16.4. The van der Waals surface area contributed by atoms with Crippen molar-refractivity contribution in [2.24, 2.45) is 10.8 Å². The molecular weight excluding hydrogens is 234 g/mol. The summed E-state index contributed by atoms with van der Waals surface area (Å²) < 4.78 is 0. The Morgan fingerprint density at radius 1 is 1.05 bits per heavy atom. The zero-order valence-corrected chi connectivity index (χ0v) is 14.1. The van der Waals surface area contributed by atoms with Gasteiger partial charge in [0.15, 0.2) is 0 Å². The third kappa shape index (κ3) is 4.41. The molecule has 1 aliphatic rings. The predicted octanol–water partition coefficient (Wildman–Crippen LogP) is 4.19. The molecule has 112 valence electrons. The van der Waals surface area contributed by atoms with E-state index in [1.165, 1.54) is 18.5 Å². The summed E-state index contributed by atoms with van der Waals surface area (Å²) in [6, 6.07) is 0. The minimum atomic E-state index is 0.0926. The standard InChI is InChI=1S/C16H33N3/c1-9-10-15(5,6)13-11-19(18-17-13)16(7,8)12-14(2,3)4/h11,17-18H,9-10,12H2,1-8H3. The highest BCUT2D eigenvalue weighted by Crippen LogP contribution is 2.35. The van der Waals surface area contributed by atoms with E-state index in [9.17, 15) is 0 Å². The number of rotatable bonds is 5. The molecule has 3 heteroatoms. The summed E-state index contributed by atoms with van der Waals surface area (Å²) in [7, 11) is 0. The lowest BCUT2D eigenvalue weighted by Gasteiger charge is -2.39. The number of hydrogen-bond acceptors (Lipinski definition) is 3. The van der Waals surface area contributed by atoms with Gasteiger partial charge in [-0.25, -0.2) is 0 Å². The molecule has 0 aliphatic carbocycles. The summed E-state index contributed by atoms with van der Waals surface area (Å²) in [6.45, 7) is 18.3. The molecule has 0 amide bonds. The number of allylic oxidation sites excluding steroid dienone is 1. The lowest BCUT2D eigenvalue weighted by molar-refractivity contribution is 0.0782. The summed E-state index contributed by atoms with van der Waals surface area (Å²) in [5.41, 5.74) is 8.59. The molecule has 0 saturated heterocycles. The summed E-state index contributed by atoms with van der Waals surface area (Å²) >= 11 is 0. The SMILES string of the molecule is CCCC(C)(C)C1=CN(C(C)(C)CC(C)(C)C)NN1. The normalized spacial score (nSPS) is 17.5. The van der Waals surface area contributed by atoms with Crippen molar-refractivity contribution in [2.75, 3.05) is 0 Å². The van der Waals surface area contributed by atoms with Crippen LogP contribution in [0.1, 0.15) is 74.7 Å². The summed E-state index contributed by atoms with van der Waals surface area (Å²) in [5.74, 6) is 0. The number of nitrogens with zero attached hydrogens (tertiary/aromatic N) is 1. The maximum Gasteiger partial charge on any atom is 0.0524 e. The van der Waals surface area contributed by atoms with Crippen molar-refractivity contribution in [3.63, 3.8) is 0 Å². The van der Waals surface area contributed by atoms with Gasteiger partial charge >= 0.3 is 0 Å². The number of hydrazine groups is 2. The van der Waals surface area contributed by atoms with Gasteiger partial charge in [0, 0.05) is 11.6 Å². The molecule has 1 heterocycles. The second kappa shape index (κ2) is 5.35. The van der Waals surface area contributed by atoms with Crippen LogP contribution in [-0.4, -0.2) is 10.5 Å². The maximum atomic E-state index is 3.36. The van der Waals surface area contributed by atoms with Crippen molar-refractivity contribution in [1.29, 1.82) is 0 Å². The highest BCUT2D eigenvalue weighted by Gasteiger charge is 2.35. The van der Waals surface area contributed by atoms with Gasteiger partial charge < -0.3 is 5.43 Å². The Balaban J connectivity index is 2.81. The Kier molecular flexibility index (Phi) is 4.61. The fraction of sp³-hybridized carbons (Fsp3) is 0.875. The van der Waals surface area contributed by atoms with Crippen molar-refractivity contribution in [3.05, 3.63) is 11.9 Å². The molecule has 0 unspecified atom stereocenters. The van der Waals surface area contributed by atoms with Crippen LogP contribution in [0.15, 0.2) is 11.9 Å². The quantitative estimate of drug-likeness (QED) is 0.782. The molecule has 3 nitrogen and oxygen atoms in total. The van der Waals surface area contributed by atoms with Crippen molar-refractivity contribution in [2.45, 2.75) is 80.2 Å². The van der Waals surface area contributed by atoms with Crippen LogP contribution in [0.4, 0.5) is 0 Å². The average Bonchev–Trinajstić information content (AvgIpc) is 2.62. The van der Waals surface area contributed by atoms with E-state index >= 15 is 0 Å². The second-order valence-electron chi connectivity index (χ2n) is 8.33. The van der Waals surface area contributed by atoms with Gasteiger partial charge in [0.05, 0.1) is 11.2 Å². The summed E-state index contributed by atoms with van der Waals surface area (Å²) in [6.07, 6.45) is 5.78. The molecule has 0 fully saturated rings. The predicted molar refractivity (Wildman–Crippen MR) is 83.0 cm³/mol. The van der Waals surface area contributed by atoms with Crippen LogP contribution in [0.3, 0.4) is 0 Å². The fourth-order valence-electron chi connectivity index (χ4n) is 3.13. The van der Waals surface area contributed by atoms with Gasteiger partial charge in [-0.15, -0.1) is 5.53 Å². The number of nitrogens with one attached hydrogen (secondary N) is 2. The molecule has 2 N–H and O–H groups in total. The molecule has 19 heavy (non-hydrogen) atoms. The summed E-state index contributed by atoms with van der Waals surface area (Å²) in [4.78, 5) is 0. The van der Waals surface area contributed by atoms with Crippen LogP contribution in [-0.2, 0) is 0 Å². The van der Waals surface area contributed by atoms with Crippen LogP contribution in [0, 0.1) is 10.8 Å². The third-order valence-corrected chi connectivity index (χ3v) is 3.79. The minimum Gasteiger partial charge on any atom is -0.306 e. The lowest BCUT2D eigenvalue weighted by atomic mass is 9.81. The smallest absolute Gasteiger partial charge is 0.0524 e. The van der Waals surface area contributed by atoms with E-state index in [1.54, 1.807) is 0 Å². The molecule has 1 rings (SSSR count). The van der Waals surface area contributed by atoms with Crippen molar-refractivity contribution < 1.29 is 0 Å². The molecule has 0 atom stereocenters. The topological polar surface area (TPSA) is 27.3 Å². The van der Waals surface area contributed by atoms with Crippen molar-refractivity contribution >= 4 is 0 Å². The van der Waals surface area contributed by atoms with E-state index in [4.69, 9.17) is 0 Å². The first-order chi connectivity index (χ1) is 8.48. The van der Waals surface area contributed by atoms with Gasteiger partial charge in [0.1, 0.15) is 0 Å². The molecule has 0 radical (unpaired) electrons. The second-order valence-corrected chi connectivity index (χ2v) is 8.33. The first-order valence-electron chi connectivity index (χ1n) is 7.51. The third-order valence-electron chi connectivity index (χ3n) is 3.79. The Bertz CT molecular complexity index is 334. The molecule has 0 aromatic rings. The van der Waals surface area contributed by atoms with Gasteiger partial charge in [-0.1, -0.05) is 48.0 Å². The molecule has 1 aliphatic heterocycles. The molecular formula is C16H33N3. The van der Waals surface area contributed by atoms with Crippen LogP contribution in [0.25, 0.3) is 0 Å². The monoisotopic (exact) mass is 267 g/mol. The fourth-order valence-corrected chi connectivity index (χ4v) is 3.13. The molecule has 0 saturated carbocycles. The van der Waals surface area contributed by atoms with E-state index < -0.39 is 0 Å². The zero-order valence-electron chi connectivity index (χ0n) is 14.1. The molecule has 0 aromatic heterocycles. The van der Waals surface area contributed by atoms with E-state index in [0.717, 1.165) is 6.42 Å². The van der Waals surface area contributed by atoms with Crippen LogP contribution in [0.5, 0.6) is 0 Å². The Morgan fingerprint density at radius 2 is 1.63 bits per heavy atom. The average molecular weight is 267 g/mol. The first-order valence-corrected chi connectivity index (χ1v) is 7.51. The van der Waals surface area contributed by atoms with Gasteiger partial charge in [0.25, 0.3) is 0 Å². The number of hydrogen-bond donors (Lipinski definition) is 2. The van der Waals surface area contributed by atoms with Crippen LogP contribution >= 0.6 is 0 Å². The Labute approximate surface area is 119 Å². The van der Waals surface area contributed by atoms with Gasteiger partial charge in [-0.3, -0.25) is 5.01 Å². The van der Waals surface area contributed by atoms with Gasteiger partial charge in [0.2, 0.25) is 0 Å². The van der Waals surface area contributed by atoms with Crippen LogP contribution < -0.4 is 11.0 Å². The largest absolute Gasteiger partial charge is 0.306 e. The zero-order chi connectivity index (χ0) is 14.9. The van der Waals surface area contributed by atoms with E-state index in [-0.39, 0.29) is 11.0 Å². The molecule has 0 spiro atoms. The molecule has 0 aromatic carbocycles. The minimum absolute atomic E-state index is 0.0926. The van der Waals surface area contributed by atoms with E-state index in [2.05, 4.69) is 77.6 Å². The van der Waals surface area contributed by atoms with Crippen molar-refractivity contribution in [3.8, 4) is 0 Å². The molecule has 0 bridgehead atoms.